The van der Waals surface area contributed by atoms with Gasteiger partial charge in [0.15, 0.2) is 0 Å². The molecule has 2 aromatic rings. The molecule has 4 nitrogen and oxygen atoms in total. The number of nitrogens with one attached hydrogen (secondary N) is 1. The fourth-order valence-electron chi connectivity index (χ4n) is 1.83. The standard InChI is InChI=1S/C14H19N3O/c1-17(2)8-7-15-14-12(10-18)9-11-5-3-4-6-13(11)16-14/h3-6,9,18H,7-8,10H2,1-2H3,(H,15,16). The quantitative estimate of drug-likeness (QED) is 0.842. The van der Waals surface area contributed by atoms with Gasteiger partial charge in [0.2, 0.25) is 0 Å². The van der Waals surface area contributed by atoms with Gasteiger partial charge in [0.25, 0.3) is 0 Å². The van der Waals surface area contributed by atoms with E-state index in [9.17, 15) is 5.11 Å². The first-order chi connectivity index (χ1) is 8.70. The Morgan fingerprint density at radius 3 is 2.78 bits per heavy atom. The molecule has 0 saturated carbocycles. The third kappa shape index (κ3) is 2.97. The average molecular weight is 245 g/mol. The van der Waals surface area contributed by atoms with E-state index >= 15 is 0 Å². The predicted octanol–water partition coefficient (Wildman–Crippen LogP) is 1.70. The van der Waals surface area contributed by atoms with Gasteiger partial charge in [-0.2, -0.15) is 0 Å². The van der Waals surface area contributed by atoms with Gasteiger partial charge in [-0.1, -0.05) is 18.2 Å². The van der Waals surface area contributed by atoms with Gasteiger partial charge in [-0.25, -0.2) is 4.98 Å². The van der Waals surface area contributed by atoms with Crippen LogP contribution in [0.5, 0.6) is 0 Å². The molecule has 1 aromatic carbocycles. The van der Waals surface area contributed by atoms with Crippen LogP contribution < -0.4 is 5.32 Å². The average Bonchev–Trinajstić information content (AvgIpc) is 2.37. The monoisotopic (exact) mass is 245 g/mol. The molecule has 4 heteroatoms. The van der Waals surface area contributed by atoms with Crippen molar-refractivity contribution >= 4 is 16.7 Å². The van der Waals surface area contributed by atoms with Crippen LogP contribution in [0, 0.1) is 0 Å². The van der Waals surface area contributed by atoms with Crippen LogP contribution in [0.2, 0.25) is 0 Å². The molecule has 0 spiro atoms. The third-order valence-corrected chi connectivity index (χ3v) is 2.82. The molecule has 2 N–H and O–H groups in total. The number of fused-ring (bicyclic) bond motifs is 1. The minimum Gasteiger partial charge on any atom is -0.392 e. The molecule has 0 fully saturated rings. The van der Waals surface area contributed by atoms with Crippen molar-refractivity contribution < 1.29 is 5.11 Å². The topological polar surface area (TPSA) is 48.4 Å². The maximum absolute atomic E-state index is 9.40. The second-order valence-electron chi connectivity index (χ2n) is 4.58. The van der Waals surface area contributed by atoms with Crippen molar-refractivity contribution in [2.24, 2.45) is 0 Å². The zero-order valence-electron chi connectivity index (χ0n) is 10.8. The number of pyridine rings is 1. The molecule has 0 aliphatic rings. The number of likely N-dealkylation sites (N-methyl/N-ethyl adjacent to an activating group) is 1. The highest BCUT2D eigenvalue weighted by molar-refractivity contribution is 5.81. The smallest absolute Gasteiger partial charge is 0.132 e. The Morgan fingerprint density at radius 1 is 1.28 bits per heavy atom. The van der Waals surface area contributed by atoms with E-state index in [1.165, 1.54) is 0 Å². The van der Waals surface area contributed by atoms with Crippen molar-refractivity contribution in [2.45, 2.75) is 6.61 Å². The van der Waals surface area contributed by atoms with Crippen molar-refractivity contribution in [3.63, 3.8) is 0 Å². The molecule has 0 unspecified atom stereocenters. The maximum Gasteiger partial charge on any atom is 0.132 e. The molecule has 0 aliphatic carbocycles. The van der Waals surface area contributed by atoms with E-state index in [2.05, 4.69) is 15.2 Å². The van der Waals surface area contributed by atoms with E-state index in [1.807, 2.05) is 44.4 Å². The number of hydrogen-bond acceptors (Lipinski definition) is 4. The Morgan fingerprint density at radius 2 is 2.06 bits per heavy atom. The Labute approximate surface area is 107 Å². The van der Waals surface area contributed by atoms with Gasteiger partial charge in [0.1, 0.15) is 5.82 Å². The Bertz CT molecular complexity index is 525. The second-order valence-corrected chi connectivity index (χ2v) is 4.58. The number of anilines is 1. The maximum atomic E-state index is 9.40. The summed E-state index contributed by atoms with van der Waals surface area (Å²) in [6.07, 6.45) is 0. The number of hydrogen-bond donors (Lipinski definition) is 2. The van der Waals surface area contributed by atoms with E-state index in [4.69, 9.17) is 0 Å². The fraction of sp³-hybridized carbons (Fsp3) is 0.357. The molecule has 0 bridgehead atoms. The molecule has 0 aliphatic heterocycles. The van der Waals surface area contributed by atoms with Crippen LogP contribution in [0.15, 0.2) is 30.3 Å². The molecule has 0 radical (unpaired) electrons. The van der Waals surface area contributed by atoms with Crippen molar-refractivity contribution in [1.82, 2.24) is 9.88 Å². The van der Waals surface area contributed by atoms with E-state index in [0.717, 1.165) is 35.4 Å². The van der Waals surface area contributed by atoms with Gasteiger partial charge in [-0.3, -0.25) is 0 Å². The fourth-order valence-corrected chi connectivity index (χ4v) is 1.83. The highest BCUT2D eigenvalue weighted by Gasteiger charge is 2.05. The number of aliphatic hydroxyl groups excluding tert-OH is 1. The predicted molar refractivity (Wildman–Crippen MR) is 74.7 cm³/mol. The SMILES string of the molecule is CN(C)CCNc1nc2ccccc2cc1CO. The summed E-state index contributed by atoms with van der Waals surface area (Å²) in [5.74, 6) is 0.776. The summed E-state index contributed by atoms with van der Waals surface area (Å²) in [7, 11) is 4.06. The van der Waals surface area contributed by atoms with Crippen LogP contribution >= 0.6 is 0 Å². The van der Waals surface area contributed by atoms with Crippen LogP contribution in [0.3, 0.4) is 0 Å². The van der Waals surface area contributed by atoms with E-state index in [0.29, 0.717) is 0 Å². The lowest BCUT2D eigenvalue weighted by atomic mass is 10.1. The van der Waals surface area contributed by atoms with Crippen LogP contribution in [0.1, 0.15) is 5.56 Å². The highest BCUT2D eigenvalue weighted by Crippen LogP contribution is 2.20. The van der Waals surface area contributed by atoms with Crippen LogP contribution in [-0.4, -0.2) is 42.2 Å². The zero-order valence-corrected chi connectivity index (χ0v) is 10.8. The van der Waals surface area contributed by atoms with Gasteiger partial charge in [0, 0.05) is 24.0 Å². The lowest BCUT2D eigenvalue weighted by Gasteiger charge is -2.13. The summed E-state index contributed by atoms with van der Waals surface area (Å²) in [6.45, 7) is 1.74. The van der Waals surface area contributed by atoms with Gasteiger partial charge in [-0.15, -0.1) is 0 Å². The summed E-state index contributed by atoms with van der Waals surface area (Å²) in [6, 6.07) is 9.92. The number of benzene rings is 1. The lowest BCUT2D eigenvalue weighted by molar-refractivity contribution is 0.282. The van der Waals surface area contributed by atoms with Gasteiger partial charge >= 0.3 is 0 Å². The van der Waals surface area contributed by atoms with E-state index in [1.54, 1.807) is 0 Å². The van der Waals surface area contributed by atoms with Gasteiger partial charge < -0.3 is 15.3 Å². The molecule has 96 valence electrons. The number of rotatable bonds is 5. The third-order valence-electron chi connectivity index (χ3n) is 2.82. The molecule has 2 rings (SSSR count). The normalized spacial score (nSPS) is 11.1. The first kappa shape index (κ1) is 12.8. The minimum absolute atomic E-state index is 0.00211. The summed E-state index contributed by atoms with van der Waals surface area (Å²) >= 11 is 0. The molecular formula is C14H19N3O. The number of aromatic nitrogens is 1. The number of para-hydroxylation sites is 1. The zero-order chi connectivity index (χ0) is 13.0. The molecule has 0 amide bonds. The molecule has 1 aromatic heterocycles. The van der Waals surface area contributed by atoms with Crippen molar-refractivity contribution in [1.29, 1.82) is 0 Å². The van der Waals surface area contributed by atoms with Crippen LogP contribution in [0.4, 0.5) is 5.82 Å². The Hall–Kier alpha value is -1.65. The molecular weight excluding hydrogens is 226 g/mol. The first-order valence-corrected chi connectivity index (χ1v) is 6.09. The first-order valence-electron chi connectivity index (χ1n) is 6.09. The van der Waals surface area contributed by atoms with Gasteiger partial charge in [0.05, 0.1) is 12.1 Å². The highest BCUT2D eigenvalue weighted by atomic mass is 16.3. The largest absolute Gasteiger partial charge is 0.392 e. The minimum atomic E-state index is 0.00211. The molecule has 1 heterocycles. The van der Waals surface area contributed by atoms with Crippen molar-refractivity contribution in [3.8, 4) is 0 Å². The Balaban J connectivity index is 2.24. The van der Waals surface area contributed by atoms with Crippen LogP contribution in [-0.2, 0) is 6.61 Å². The van der Waals surface area contributed by atoms with Crippen molar-refractivity contribution in [2.75, 3.05) is 32.5 Å². The summed E-state index contributed by atoms with van der Waals surface area (Å²) in [5.41, 5.74) is 1.79. The Kier molecular flexibility index (Phi) is 4.12. The van der Waals surface area contributed by atoms with E-state index < -0.39 is 0 Å². The number of aliphatic hydroxyl groups is 1. The second kappa shape index (κ2) is 5.80. The van der Waals surface area contributed by atoms with E-state index in [-0.39, 0.29) is 6.61 Å². The number of nitrogens with zero attached hydrogens (tertiary/aromatic N) is 2. The molecule has 0 saturated heterocycles. The lowest BCUT2D eigenvalue weighted by Crippen LogP contribution is -2.21. The molecule has 0 atom stereocenters. The summed E-state index contributed by atoms with van der Waals surface area (Å²) in [5, 5.41) is 13.7. The summed E-state index contributed by atoms with van der Waals surface area (Å²) < 4.78 is 0. The van der Waals surface area contributed by atoms with Crippen molar-refractivity contribution in [3.05, 3.63) is 35.9 Å². The molecule has 18 heavy (non-hydrogen) atoms. The summed E-state index contributed by atoms with van der Waals surface area (Å²) in [4.78, 5) is 6.66. The van der Waals surface area contributed by atoms with Gasteiger partial charge in [-0.05, 0) is 26.2 Å². The van der Waals surface area contributed by atoms with Crippen LogP contribution in [0.25, 0.3) is 10.9 Å².